The molecule has 1 aromatic heterocycles. The molecule has 8 nitrogen and oxygen atoms in total. The number of rotatable bonds is 6. The van der Waals surface area contributed by atoms with Crippen LogP contribution in [-0.2, 0) is 16.1 Å². The SMILES string of the molecule is COCC(=O)NCc1nc(N(C)C)nc(N2CCCCC2)n1. The number of anilines is 2. The first kappa shape index (κ1) is 16.4. The van der Waals surface area contributed by atoms with Gasteiger partial charge in [0.2, 0.25) is 17.8 Å². The molecular weight excluding hydrogens is 284 g/mol. The monoisotopic (exact) mass is 308 g/mol. The molecule has 122 valence electrons. The molecule has 0 aliphatic carbocycles. The second-order valence-corrected chi connectivity index (χ2v) is 5.50. The molecule has 1 aliphatic heterocycles. The number of hydrogen-bond donors (Lipinski definition) is 1. The maximum atomic E-state index is 11.5. The molecule has 0 radical (unpaired) electrons. The molecule has 1 amide bonds. The Kier molecular flexibility index (Phi) is 5.88. The number of amides is 1. The summed E-state index contributed by atoms with van der Waals surface area (Å²) in [5.74, 6) is 1.67. The van der Waals surface area contributed by atoms with Gasteiger partial charge in [0, 0.05) is 34.3 Å². The minimum absolute atomic E-state index is 0.0323. The Hall–Kier alpha value is -1.96. The maximum absolute atomic E-state index is 11.5. The summed E-state index contributed by atoms with van der Waals surface area (Å²) in [7, 11) is 5.27. The van der Waals surface area contributed by atoms with Gasteiger partial charge in [0.05, 0.1) is 6.54 Å². The molecule has 1 saturated heterocycles. The average Bonchev–Trinajstić information content (AvgIpc) is 2.54. The Balaban J connectivity index is 2.13. The van der Waals surface area contributed by atoms with Gasteiger partial charge in [-0.2, -0.15) is 15.0 Å². The van der Waals surface area contributed by atoms with E-state index in [1.807, 2.05) is 19.0 Å². The lowest BCUT2D eigenvalue weighted by Gasteiger charge is -2.27. The number of carbonyl (C=O) groups excluding carboxylic acids is 1. The van der Waals surface area contributed by atoms with Gasteiger partial charge in [-0.3, -0.25) is 4.79 Å². The fourth-order valence-corrected chi connectivity index (χ4v) is 2.27. The van der Waals surface area contributed by atoms with Crippen LogP contribution in [0.3, 0.4) is 0 Å². The summed E-state index contributed by atoms with van der Waals surface area (Å²) in [5, 5.41) is 2.74. The summed E-state index contributed by atoms with van der Waals surface area (Å²) in [6.45, 7) is 2.23. The molecule has 1 aliphatic rings. The Morgan fingerprint density at radius 3 is 2.59 bits per heavy atom. The number of methoxy groups -OCH3 is 1. The predicted octanol–water partition coefficient (Wildman–Crippen LogP) is 0.191. The van der Waals surface area contributed by atoms with Crippen molar-refractivity contribution >= 4 is 17.8 Å². The summed E-state index contributed by atoms with van der Waals surface area (Å²) < 4.78 is 4.79. The van der Waals surface area contributed by atoms with Crippen molar-refractivity contribution in [2.75, 3.05) is 50.7 Å². The van der Waals surface area contributed by atoms with E-state index in [0.29, 0.717) is 17.7 Å². The van der Waals surface area contributed by atoms with Crippen LogP contribution in [0.25, 0.3) is 0 Å². The van der Waals surface area contributed by atoms with Gasteiger partial charge in [-0.1, -0.05) is 0 Å². The number of ether oxygens (including phenoxy) is 1. The van der Waals surface area contributed by atoms with Crippen LogP contribution in [0.4, 0.5) is 11.9 Å². The van der Waals surface area contributed by atoms with E-state index < -0.39 is 0 Å². The summed E-state index contributed by atoms with van der Waals surface area (Å²) in [4.78, 5) is 28.9. The highest BCUT2D eigenvalue weighted by atomic mass is 16.5. The van der Waals surface area contributed by atoms with Crippen molar-refractivity contribution in [2.24, 2.45) is 0 Å². The molecule has 0 saturated carbocycles. The van der Waals surface area contributed by atoms with Gasteiger partial charge < -0.3 is 19.9 Å². The lowest BCUT2D eigenvalue weighted by atomic mass is 10.1. The van der Waals surface area contributed by atoms with Crippen molar-refractivity contribution in [3.8, 4) is 0 Å². The first-order valence-corrected chi connectivity index (χ1v) is 7.53. The zero-order valence-electron chi connectivity index (χ0n) is 13.5. The second kappa shape index (κ2) is 7.88. The largest absolute Gasteiger partial charge is 0.375 e. The summed E-state index contributed by atoms with van der Waals surface area (Å²) >= 11 is 0. The van der Waals surface area contributed by atoms with Crippen molar-refractivity contribution in [1.29, 1.82) is 0 Å². The van der Waals surface area contributed by atoms with Crippen LogP contribution in [-0.4, -0.2) is 61.8 Å². The van der Waals surface area contributed by atoms with Crippen molar-refractivity contribution in [1.82, 2.24) is 20.3 Å². The van der Waals surface area contributed by atoms with Crippen LogP contribution in [0.15, 0.2) is 0 Å². The van der Waals surface area contributed by atoms with Crippen molar-refractivity contribution in [2.45, 2.75) is 25.8 Å². The number of piperidine rings is 1. The van der Waals surface area contributed by atoms with E-state index in [4.69, 9.17) is 4.74 Å². The Labute approximate surface area is 130 Å². The number of aromatic nitrogens is 3. The van der Waals surface area contributed by atoms with E-state index in [2.05, 4.69) is 25.2 Å². The summed E-state index contributed by atoms with van der Waals surface area (Å²) in [6.07, 6.45) is 3.56. The van der Waals surface area contributed by atoms with E-state index >= 15 is 0 Å². The maximum Gasteiger partial charge on any atom is 0.246 e. The third-order valence-electron chi connectivity index (χ3n) is 3.42. The highest BCUT2D eigenvalue weighted by Gasteiger charge is 2.17. The van der Waals surface area contributed by atoms with E-state index in [0.717, 1.165) is 25.9 Å². The van der Waals surface area contributed by atoms with E-state index in [-0.39, 0.29) is 19.1 Å². The fraction of sp³-hybridized carbons (Fsp3) is 0.714. The smallest absolute Gasteiger partial charge is 0.246 e. The third kappa shape index (κ3) is 4.52. The number of nitrogens with zero attached hydrogens (tertiary/aromatic N) is 5. The van der Waals surface area contributed by atoms with E-state index in [9.17, 15) is 4.79 Å². The lowest BCUT2D eigenvalue weighted by molar-refractivity contribution is -0.124. The summed E-state index contributed by atoms with van der Waals surface area (Å²) in [6, 6.07) is 0. The first-order chi connectivity index (χ1) is 10.6. The van der Waals surface area contributed by atoms with Gasteiger partial charge in [0.15, 0.2) is 5.82 Å². The lowest BCUT2D eigenvalue weighted by Crippen LogP contribution is -2.33. The molecule has 0 aromatic carbocycles. The molecule has 1 aromatic rings. The molecule has 2 heterocycles. The third-order valence-corrected chi connectivity index (χ3v) is 3.42. The topological polar surface area (TPSA) is 83.5 Å². The van der Waals surface area contributed by atoms with E-state index in [1.54, 1.807) is 0 Å². The molecule has 2 rings (SSSR count). The zero-order chi connectivity index (χ0) is 15.9. The number of carbonyl (C=O) groups is 1. The fourth-order valence-electron chi connectivity index (χ4n) is 2.27. The molecule has 22 heavy (non-hydrogen) atoms. The average molecular weight is 308 g/mol. The zero-order valence-corrected chi connectivity index (χ0v) is 13.5. The highest BCUT2D eigenvalue weighted by Crippen LogP contribution is 2.17. The van der Waals surface area contributed by atoms with Crippen LogP contribution in [0.2, 0.25) is 0 Å². The number of nitrogens with one attached hydrogen (secondary N) is 1. The van der Waals surface area contributed by atoms with Crippen LogP contribution >= 0.6 is 0 Å². The standard InChI is InChI=1S/C14H24N6O2/c1-19(2)13-16-11(9-15-12(21)10-22-3)17-14(18-13)20-7-5-4-6-8-20/h4-10H2,1-3H3,(H,15,21). The quantitative estimate of drug-likeness (QED) is 0.803. The summed E-state index contributed by atoms with van der Waals surface area (Å²) in [5.41, 5.74) is 0. The van der Waals surface area contributed by atoms with Gasteiger partial charge in [-0.15, -0.1) is 0 Å². The molecule has 1 N–H and O–H groups in total. The van der Waals surface area contributed by atoms with Gasteiger partial charge in [0.25, 0.3) is 0 Å². The minimum atomic E-state index is -0.186. The highest BCUT2D eigenvalue weighted by molar-refractivity contribution is 5.77. The van der Waals surface area contributed by atoms with Crippen LogP contribution in [0.1, 0.15) is 25.1 Å². The Bertz CT molecular complexity index is 502. The van der Waals surface area contributed by atoms with Crippen LogP contribution in [0, 0.1) is 0 Å². The van der Waals surface area contributed by atoms with Gasteiger partial charge in [-0.25, -0.2) is 0 Å². The Morgan fingerprint density at radius 1 is 1.23 bits per heavy atom. The molecule has 0 bridgehead atoms. The van der Waals surface area contributed by atoms with Crippen molar-refractivity contribution < 1.29 is 9.53 Å². The van der Waals surface area contributed by atoms with E-state index in [1.165, 1.54) is 13.5 Å². The second-order valence-electron chi connectivity index (χ2n) is 5.50. The van der Waals surface area contributed by atoms with Gasteiger partial charge in [0.1, 0.15) is 6.61 Å². The molecular formula is C14H24N6O2. The van der Waals surface area contributed by atoms with Gasteiger partial charge >= 0.3 is 0 Å². The molecule has 0 atom stereocenters. The van der Waals surface area contributed by atoms with Crippen LogP contribution in [0.5, 0.6) is 0 Å². The van der Waals surface area contributed by atoms with Crippen LogP contribution < -0.4 is 15.1 Å². The molecule has 0 unspecified atom stereocenters. The van der Waals surface area contributed by atoms with Gasteiger partial charge in [-0.05, 0) is 19.3 Å². The minimum Gasteiger partial charge on any atom is -0.375 e. The predicted molar refractivity (Wildman–Crippen MR) is 83.9 cm³/mol. The van der Waals surface area contributed by atoms with Crippen molar-refractivity contribution in [3.05, 3.63) is 5.82 Å². The first-order valence-electron chi connectivity index (χ1n) is 7.53. The van der Waals surface area contributed by atoms with Crippen molar-refractivity contribution in [3.63, 3.8) is 0 Å². The normalized spacial score (nSPS) is 14.8. The molecule has 1 fully saturated rings. The molecule has 0 spiro atoms. The molecule has 8 heteroatoms. The number of hydrogen-bond acceptors (Lipinski definition) is 7. The Morgan fingerprint density at radius 2 is 1.95 bits per heavy atom.